The quantitative estimate of drug-likeness (QED) is 0.728. The molecule has 4 heteroatoms. The summed E-state index contributed by atoms with van der Waals surface area (Å²) in [4.78, 5) is 4.41. The minimum Gasteiger partial charge on any atom is -0.473 e. The van der Waals surface area contributed by atoms with Crippen molar-refractivity contribution in [2.45, 2.75) is 37.0 Å². The number of methoxy groups -OCH3 is 1. The van der Waals surface area contributed by atoms with Crippen LogP contribution in [0.4, 0.5) is 0 Å². The maximum absolute atomic E-state index is 6.29. The summed E-state index contributed by atoms with van der Waals surface area (Å²) in [6.45, 7) is 0. The lowest BCUT2D eigenvalue weighted by Crippen LogP contribution is -2.17. The Hall–Kier alpha value is -0.280. The number of alkyl halides is 1. The molecule has 0 amide bonds. The Labute approximate surface area is 93.3 Å². The van der Waals surface area contributed by atoms with E-state index in [1.807, 2.05) is 0 Å². The Bertz CT molecular complexity index is 302. The molecule has 0 aliphatic heterocycles. The molecule has 1 aliphatic carbocycles. The Morgan fingerprint density at radius 1 is 1.50 bits per heavy atom. The number of rotatable bonds is 2. The molecular formula is C10H14ClNOS. The van der Waals surface area contributed by atoms with Crippen molar-refractivity contribution >= 4 is 22.9 Å². The van der Waals surface area contributed by atoms with Gasteiger partial charge >= 0.3 is 0 Å². The molecular weight excluding hydrogens is 218 g/mol. The monoisotopic (exact) mass is 231 g/mol. The maximum Gasteiger partial charge on any atom is 0.273 e. The summed E-state index contributed by atoms with van der Waals surface area (Å²) in [5.74, 6) is 0.436. The number of thiazole rings is 1. The summed E-state index contributed by atoms with van der Waals surface area (Å²) < 4.78 is 5.09. The van der Waals surface area contributed by atoms with Gasteiger partial charge in [-0.2, -0.15) is 0 Å². The molecule has 2 rings (SSSR count). The highest BCUT2D eigenvalue weighted by Gasteiger charge is 2.26. The molecule has 1 heterocycles. The molecule has 1 aromatic rings. The van der Waals surface area contributed by atoms with E-state index >= 15 is 0 Å². The van der Waals surface area contributed by atoms with Gasteiger partial charge in [-0.15, -0.1) is 11.6 Å². The molecule has 2 nitrogen and oxygen atoms in total. The number of ether oxygens (including phenoxy) is 1. The van der Waals surface area contributed by atoms with Crippen molar-refractivity contribution in [3.05, 3.63) is 11.1 Å². The summed E-state index contributed by atoms with van der Waals surface area (Å²) in [6.07, 6.45) is 4.81. The lowest BCUT2D eigenvalue weighted by molar-refractivity contribution is 0.403. The number of aromatic nitrogens is 1. The third kappa shape index (κ3) is 2.04. The highest BCUT2D eigenvalue weighted by molar-refractivity contribution is 7.11. The van der Waals surface area contributed by atoms with Gasteiger partial charge in [0.2, 0.25) is 0 Å². The third-order valence-corrected chi connectivity index (χ3v) is 4.08. The van der Waals surface area contributed by atoms with E-state index in [1.165, 1.54) is 19.3 Å². The van der Waals surface area contributed by atoms with Crippen LogP contribution in [0.25, 0.3) is 0 Å². The Morgan fingerprint density at radius 3 is 2.93 bits per heavy atom. The van der Waals surface area contributed by atoms with E-state index < -0.39 is 0 Å². The van der Waals surface area contributed by atoms with Crippen molar-refractivity contribution in [2.24, 2.45) is 0 Å². The largest absolute Gasteiger partial charge is 0.473 e. The van der Waals surface area contributed by atoms with E-state index in [-0.39, 0.29) is 5.38 Å². The van der Waals surface area contributed by atoms with Crippen molar-refractivity contribution in [3.63, 3.8) is 0 Å². The lowest BCUT2D eigenvalue weighted by Gasteiger charge is -2.25. The molecule has 14 heavy (non-hydrogen) atoms. The van der Waals surface area contributed by atoms with Gasteiger partial charge in [0.15, 0.2) is 0 Å². The molecule has 1 aromatic heterocycles. The van der Waals surface area contributed by atoms with Crippen LogP contribution in [0.15, 0.2) is 5.38 Å². The SMILES string of the molecule is COc1nc(C2CCCCC2Cl)cs1. The molecule has 1 saturated carbocycles. The van der Waals surface area contributed by atoms with Crippen molar-refractivity contribution in [2.75, 3.05) is 7.11 Å². The van der Waals surface area contributed by atoms with E-state index in [0.29, 0.717) is 5.92 Å². The van der Waals surface area contributed by atoms with Gasteiger partial charge < -0.3 is 4.74 Å². The van der Waals surface area contributed by atoms with Crippen LogP contribution >= 0.6 is 22.9 Å². The normalized spacial score (nSPS) is 27.6. The first kappa shape index (κ1) is 10.2. The van der Waals surface area contributed by atoms with Crippen molar-refractivity contribution in [1.82, 2.24) is 4.98 Å². The Kier molecular flexibility index (Phi) is 3.29. The number of nitrogens with zero attached hydrogens (tertiary/aromatic N) is 1. The molecule has 1 aliphatic rings. The van der Waals surface area contributed by atoms with Crippen LogP contribution in [-0.4, -0.2) is 17.5 Å². The molecule has 0 radical (unpaired) electrons. The summed E-state index contributed by atoms with van der Waals surface area (Å²) in [6, 6.07) is 0. The van der Waals surface area contributed by atoms with Gasteiger partial charge in [0.25, 0.3) is 5.19 Å². The highest BCUT2D eigenvalue weighted by Crippen LogP contribution is 2.37. The van der Waals surface area contributed by atoms with Crippen LogP contribution in [0.1, 0.15) is 37.3 Å². The van der Waals surface area contributed by atoms with Gasteiger partial charge in [-0.1, -0.05) is 24.2 Å². The number of halogens is 1. The van der Waals surface area contributed by atoms with Gasteiger partial charge in [0.1, 0.15) is 0 Å². The third-order valence-electron chi connectivity index (χ3n) is 2.74. The Morgan fingerprint density at radius 2 is 2.29 bits per heavy atom. The van der Waals surface area contributed by atoms with Gasteiger partial charge in [0.05, 0.1) is 12.8 Å². The molecule has 2 unspecified atom stereocenters. The second kappa shape index (κ2) is 4.49. The maximum atomic E-state index is 6.29. The predicted molar refractivity (Wildman–Crippen MR) is 59.5 cm³/mol. The minimum atomic E-state index is 0.260. The van der Waals surface area contributed by atoms with Gasteiger partial charge in [-0.3, -0.25) is 0 Å². The van der Waals surface area contributed by atoms with Crippen LogP contribution < -0.4 is 4.74 Å². The van der Waals surface area contributed by atoms with Crippen molar-refractivity contribution < 1.29 is 4.74 Å². The summed E-state index contributed by atoms with van der Waals surface area (Å²) in [7, 11) is 1.65. The molecule has 0 N–H and O–H groups in total. The van der Waals surface area contributed by atoms with E-state index in [9.17, 15) is 0 Å². The highest BCUT2D eigenvalue weighted by atomic mass is 35.5. The zero-order valence-electron chi connectivity index (χ0n) is 8.20. The van der Waals surface area contributed by atoms with Gasteiger partial charge in [-0.05, 0) is 12.8 Å². The first-order valence-corrected chi connectivity index (χ1v) is 6.26. The second-order valence-electron chi connectivity index (χ2n) is 3.65. The number of hydrogen-bond acceptors (Lipinski definition) is 3. The number of hydrogen-bond donors (Lipinski definition) is 0. The lowest BCUT2D eigenvalue weighted by atomic mass is 9.87. The average Bonchev–Trinajstić information content (AvgIpc) is 2.67. The van der Waals surface area contributed by atoms with Gasteiger partial charge in [-0.25, -0.2) is 4.98 Å². The molecule has 0 spiro atoms. The molecule has 0 aromatic carbocycles. The van der Waals surface area contributed by atoms with Crippen molar-refractivity contribution in [3.8, 4) is 5.19 Å². The smallest absolute Gasteiger partial charge is 0.273 e. The van der Waals surface area contributed by atoms with Gasteiger partial charge in [0, 0.05) is 16.7 Å². The fraction of sp³-hybridized carbons (Fsp3) is 0.700. The van der Waals surface area contributed by atoms with E-state index in [4.69, 9.17) is 16.3 Å². The molecule has 78 valence electrons. The first-order chi connectivity index (χ1) is 6.81. The molecule has 0 saturated heterocycles. The van der Waals surface area contributed by atoms with E-state index in [0.717, 1.165) is 17.3 Å². The summed E-state index contributed by atoms with van der Waals surface area (Å²) in [5, 5.41) is 3.08. The molecule has 1 fully saturated rings. The van der Waals surface area contributed by atoms with Crippen molar-refractivity contribution in [1.29, 1.82) is 0 Å². The summed E-state index contributed by atoms with van der Waals surface area (Å²) in [5.41, 5.74) is 1.12. The summed E-state index contributed by atoms with van der Waals surface area (Å²) >= 11 is 7.85. The van der Waals surface area contributed by atoms with Crippen LogP contribution in [-0.2, 0) is 0 Å². The van der Waals surface area contributed by atoms with Crippen LogP contribution in [0, 0.1) is 0 Å². The second-order valence-corrected chi connectivity index (χ2v) is 5.03. The predicted octanol–water partition coefficient (Wildman–Crippen LogP) is 3.42. The zero-order chi connectivity index (χ0) is 9.97. The molecule has 0 bridgehead atoms. The van der Waals surface area contributed by atoms with Crippen LogP contribution in [0.3, 0.4) is 0 Å². The van der Waals surface area contributed by atoms with Crippen LogP contribution in [0.5, 0.6) is 5.19 Å². The Balaban J connectivity index is 2.12. The van der Waals surface area contributed by atoms with E-state index in [1.54, 1.807) is 18.4 Å². The fourth-order valence-corrected chi connectivity index (χ4v) is 3.06. The average molecular weight is 232 g/mol. The standard InChI is InChI=1S/C10H14ClNOS/c1-13-10-12-9(6-14-10)7-4-2-3-5-8(7)11/h6-8H,2-5H2,1H3. The topological polar surface area (TPSA) is 22.1 Å². The molecule has 2 atom stereocenters. The fourth-order valence-electron chi connectivity index (χ4n) is 1.95. The minimum absolute atomic E-state index is 0.260. The first-order valence-electron chi connectivity index (χ1n) is 4.94. The van der Waals surface area contributed by atoms with Crippen LogP contribution in [0.2, 0.25) is 0 Å². The van der Waals surface area contributed by atoms with E-state index in [2.05, 4.69) is 10.4 Å². The zero-order valence-corrected chi connectivity index (χ0v) is 9.77.